The molecule has 2 aliphatic heterocycles. The summed E-state index contributed by atoms with van der Waals surface area (Å²) in [5, 5.41) is 6.69. The number of anilines is 2. The molecule has 0 radical (unpaired) electrons. The van der Waals surface area contributed by atoms with E-state index in [1.807, 2.05) is 19.9 Å². The third-order valence-corrected chi connectivity index (χ3v) is 5.18. The first-order chi connectivity index (χ1) is 12.8. The van der Waals surface area contributed by atoms with E-state index in [1.165, 1.54) is 17.3 Å². The van der Waals surface area contributed by atoms with Crippen molar-refractivity contribution in [2.45, 2.75) is 45.7 Å². The highest BCUT2D eigenvalue weighted by Crippen LogP contribution is 2.32. The Balaban J connectivity index is 1.57. The first-order valence-corrected chi connectivity index (χ1v) is 9.27. The number of hydrogen-bond donors (Lipinski definition) is 2. The highest BCUT2D eigenvalue weighted by molar-refractivity contribution is 5.97. The summed E-state index contributed by atoms with van der Waals surface area (Å²) in [4.78, 5) is 22.8. The Bertz CT molecular complexity index is 894. The Morgan fingerprint density at radius 1 is 1.33 bits per heavy atom. The molecular weight excluding hydrogens is 342 g/mol. The summed E-state index contributed by atoms with van der Waals surface area (Å²) < 4.78 is 5.67. The zero-order valence-electron chi connectivity index (χ0n) is 16.2. The molecule has 1 amide bonds. The smallest absolute Gasteiger partial charge is 0.263 e. The quantitative estimate of drug-likeness (QED) is 0.868. The van der Waals surface area contributed by atoms with E-state index >= 15 is 0 Å². The highest BCUT2D eigenvalue weighted by atomic mass is 16.5. The van der Waals surface area contributed by atoms with Gasteiger partial charge in [-0.05, 0) is 37.1 Å². The van der Waals surface area contributed by atoms with E-state index in [9.17, 15) is 4.79 Å². The predicted octanol–water partition coefficient (Wildman–Crippen LogP) is 2.80. The summed E-state index contributed by atoms with van der Waals surface area (Å²) in [6.45, 7) is 10.4. The molecule has 142 valence electrons. The molecule has 0 spiro atoms. The van der Waals surface area contributed by atoms with Crippen LogP contribution in [0.3, 0.4) is 0 Å². The molecule has 2 N–H and O–H groups in total. The van der Waals surface area contributed by atoms with Crippen molar-refractivity contribution in [3.05, 3.63) is 41.1 Å². The Kier molecular flexibility index (Phi) is 4.26. The summed E-state index contributed by atoms with van der Waals surface area (Å²) in [7, 11) is 0. The van der Waals surface area contributed by atoms with Gasteiger partial charge in [0.2, 0.25) is 11.8 Å². The third-order valence-electron chi connectivity index (χ3n) is 5.18. The van der Waals surface area contributed by atoms with Gasteiger partial charge in [-0.2, -0.15) is 4.98 Å². The number of rotatable bonds is 3. The molecule has 1 aromatic carbocycles. The van der Waals surface area contributed by atoms with Crippen LogP contribution in [0.2, 0.25) is 0 Å². The first-order valence-electron chi connectivity index (χ1n) is 9.27. The molecule has 2 aliphatic rings. The normalized spacial score (nSPS) is 18.0. The van der Waals surface area contributed by atoms with Crippen LogP contribution in [0.1, 0.15) is 49.2 Å². The van der Waals surface area contributed by atoms with Crippen LogP contribution in [0.15, 0.2) is 24.4 Å². The number of benzene rings is 1. The van der Waals surface area contributed by atoms with Gasteiger partial charge in [0.05, 0.1) is 0 Å². The molecule has 0 fully saturated rings. The molecular formula is C20H25N5O2. The summed E-state index contributed by atoms with van der Waals surface area (Å²) in [6, 6.07) is 6.40. The average Bonchev–Trinajstić information content (AvgIpc) is 2.61. The Hall–Kier alpha value is -2.67. The second kappa shape index (κ2) is 6.49. The Morgan fingerprint density at radius 2 is 2.15 bits per heavy atom. The maximum absolute atomic E-state index is 12.5. The Labute approximate surface area is 159 Å². The minimum absolute atomic E-state index is 0.0665. The van der Waals surface area contributed by atoms with Crippen molar-refractivity contribution in [1.29, 1.82) is 0 Å². The summed E-state index contributed by atoms with van der Waals surface area (Å²) in [5.41, 5.74) is 4.07. The number of carbonyl (C=O) groups is 1. The van der Waals surface area contributed by atoms with E-state index in [0.29, 0.717) is 17.4 Å². The molecule has 1 aromatic heterocycles. The van der Waals surface area contributed by atoms with Crippen molar-refractivity contribution < 1.29 is 9.53 Å². The molecule has 2 aromatic rings. The van der Waals surface area contributed by atoms with E-state index in [0.717, 1.165) is 18.8 Å². The van der Waals surface area contributed by atoms with Crippen LogP contribution in [-0.2, 0) is 12.0 Å². The summed E-state index contributed by atoms with van der Waals surface area (Å²) in [5.74, 6) is 0.651. The monoisotopic (exact) mass is 367 g/mol. The number of carbonyl (C=O) groups excluding carboxylic acids is 1. The molecule has 0 atom stereocenters. The van der Waals surface area contributed by atoms with Crippen LogP contribution < -0.4 is 15.4 Å². The lowest BCUT2D eigenvalue weighted by Crippen LogP contribution is -2.43. The number of nitrogens with zero attached hydrogens (tertiary/aromatic N) is 3. The SMILES string of the molecule is CC(C)N1COc2nc(Nc3ccc4c(c3)CNCC4(C)C)ncc2C1=O. The maximum Gasteiger partial charge on any atom is 0.263 e. The molecule has 0 aliphatic carbocycles. The van der Waals surface area contributed by atoms with Crippen LogP contribution in [0.5, 0.6) is 5.88 Å². The number of aromatic nitrogens is 2. The van der Waals surface area contributed by atoms with E-state index < -0.39 is 0 Å². The van der Waals surface area contributed by atoms with Gasteiger partial charge in [0.1, 0.15) is 5.56 Å². The molecule has 0 unspecified atom stereocenters. The van der Waals surface area contributed by atoms with Crippen molar-refractivity contribution in [3.8, 4) is 5.88 Å². The lowest BCUT2D eigenvalue weighted by molar-refractivity contribution is 0.0417. The second-order valence-corrected chi connectivity index (χ2v) is 8.04. The van der Waals surface area contributed by atoms with Crippen molar-refractivity contribution in [1.82, 2.24) is 20.2 Å². The zero-order valence-corrected chi connectivity index (χ0v) is 16.2. The van der Waals surface area contributed by atoms with Gasteiger partial charge >= 0.3 is 0 Å². The van der Waals surface area contributed by atoms with Gasteiger partial charge in [-0.3, -0.25) is 4.79 Å². The highest BCUT2D eigenvalue weighted by Gasteiger charge is 2.30. The van der Waals surface area contributed by atoms with Crippen LogP contribution >= 0.6 is 0 Å². The van der Waals surface area contributed by atoms with Gasteiger partial charge in [-0.25, -0.2) is 4.98 Å². The largest absolute Gasteiger partial charge is 0.455 e. The molecule has 0 bridgehead atoms. The van der Waals surface area contributed by atoms with E-state index in [2.05, 4.69) is 46.6 Å². The average molecular weight is 367 g/mol. The van der Waals surface area contributed by atoms with Crippen LogP contribution in [0.25, 0.3) is 0 Å². The van der Waals surface area contributed by atoms with Crippen molar-refractivity contribution in [2.75, 3.05) is 18.6 Å². The maximum atomic E-state index is 12.5. The fraction of sp³-hybridized carbons (Fsp3) is 0.450. The number of amides is 1. The van der Waals surface area contributed by atoms with Crippen molar-refractivity contribution in [2.24, 2.45) is 0 Å². The molecule has 27 heavy (non-hydrogen) atoms. The number of fused-ring (bicyclic) bond motifs is 2. The van der Waals surface area contributed by atoms with E-state index in [-0.39, 0.29) is 24.1 Å². The van der Waals surface area contributed by atoms with Gasteiger partial charge in [0.25, 0.3) is 5.91 Å². The van der Waals surface area contributed by atoms with Crippen LogP contribution in [0, 0.1) is 0 Å². The van der Waals surface area contributed by atoms with Crippen LogP contribution in [0.4, 0.5) is 11.6 Å². The van der Waals surface area contributed by atoms with E-state index in [1.54, 1.807) is 4.90 Å². The van der Waals surface area contributed by atoms with Crippen molar-refractivity contribution in [3.63, 3.8) is 0 Å². The molecule has 0 saturated heterocycles. The second-order valence-electron chi connectivity index (χ2n) is 8.04. The minimum Gasteiger partial charge on any atom is -0.455 e. The zero-order chi connectivity index (χ0) is 19.2. The van der Waals surface area contributed by atoms with Gasteiger partial charge in [0, 0.05) is 36.4 Å². The predicted molar refractivity (Wildman–Crippen MR) is 103 cm³/mol. The van der Waals surface area contributed by atoms with Crippen molar-refractivity contribution >= 4 is 17.5 Å². The van der Waals surface area contributed by atoms with Gasteiger partial charge in [-0.15, -0.1) is 0 Å². The Morgan fingerprint density at radius 3 is 2.93 bits per heavy atom. The summed E-state index contributed by atoms with van der Waals surface area (Å²) >= 11 is 0. The molecule has 7 heteroatoms. The van der Waals surface area contributed by atoms with Gasteiger partial charge in [-0.1, -0.05) is 19.9 Å². The standard InChI is InChI=1S/C20H25N5O2/c1-12(2)25-11-27-17-15(18(25)26)9-22-19(24-17)23-14-5-6-16-13(7-14)8-21-10-20(16,3)4/h5-7,9,12,21H,8,10-11H2,1-4H3,(H,22,23,24). The van der Waals surface area contributed by atoms with Gasteiger partial charge < -0.3 is 20.3 Å². The van der Waals surface area contributed by atoms with Gasteiger partial charge in [0.15, 0.2) is 6.73 Å². The number of ether oxygens (including phenoxy) is 1. The first kappa shape index (κ1) is 17.7. The molecule has 3 heterocycles. The number of hydrogen-bond acceptors (Lipinski definition) is 6. The number of nitrogens with one attached hydrogen (secondary N) is 2. The molecule has 0 saturated carbocycles. The lowest BCUT2D eigenvalue weighted by Gasteiger charge is -2.33. The van der Waals surface area contributed by atoms with Crippen LogP contribution in [-0.4, -0.2) is 40.1 Å². The third kappa shape index (κ3) is 3.23. The van der Waals surface area contributed by atoms with E-state index in [4.69, 9.17) is 4.74 Å². The molecule has 7 nitrogen and oxygen atoms in total. The summed E-state index contributed by atoms with van der Waals surface area (Å²) in [6.07, 6.45) is 1.53. The fourth-order valence-electron chi connectivity index (χ4n) is 3.62. The lowest BCUT2D eigenvalue weighted by atomic mass is 9.79. The minimum atomic E-state index is -0.0973. The fourth-order valence-corrected chi connectivity index (χ4v) is 3.62. The topological polar surface area (TPSA) is 79.4 Å². The molecule has 4 rings (SSSR count).